The summed E-state index contributed by atoms with van der Waals surface area (Å²) in [4.78, 5) is 11.8. The van der Waals surface area contributed by atoms with Gasteiger partial charge in [-0.15, -0.1) is 0 Å². The van der Waals surface area contributed by atoms with Crippen LogP contribution in [0.3, 0.4) is 0 Å². The Hall–Kier alpha value is -1.31. The molecule has 0 fully saturated rings. The van der Waals surface area contributed by atoms with Crippen molar-refractivity contribution in [2.24, 2.45) is 0 Å². The van der Waals surface area contributed by atoms with E-state index in [1.54, 1.807) is 0 Å². The van der Waals surface area contributed by atoms with Crippen molar-refractivity contribution in [3.05, 3.63) is 29.3 Å². The second-order valence-electron chi connectivity index (χ2n) is 4.51. The third-order valence-electron chi connectivity index (χ3n) is 2.73. The molecule has 1 aromatic rings. The first-order chi connectivity index (χ1) is 8.10. The van der Waals surface area contributed by atoms with E-state index < -0.39 is 0 Å². The van der Waals surface area contributed by atoms with Gasteiger partial charge in [0.05, 0.1) is 6.61 Å². The van der Waals surface area contributed by atoms with Crippen LogP contribution in [0.4, 0.5) is 0 Å². The summed E-state index contributed by atoms with van der Waals surface area (Å²) in [5.41, 5.74) is 1.92. The van der Waals surface area contributed by atoms with Crippen molar-refractivity contribution in [2.75, 3.05) is 6.61 Å². The van der Waals surface area contributed by atoms with Crippen molar-refractivity contribution in [3.8, 4) is 5.75 Å². The monoisotopic (exact) mass is 234 g/mol. The Morgan fingerprint density at radius 2 is 2.00 bits per heavy atom. The number of Topliss-reactive ketones (excluding diaryl/α,β-unsaturated/α-hetero) is 1. The number of hydrogen-bond acceptors (Lipinski definition) is 2. The van der Waals surface area contributed by atoms with Crippen LogP contribution < -0.4 is 4.74 Å². The first-order valence-corrected chi connectivity index (χ1v) is 6.40. The van der Waals surface area contributed by atoms with Gasteiger partial charge in [0.25, 0.3) is 0 Å². The lowest BCUT2D eigenvalue weighted by Crippen LogP contribution is -2.03. The van der Waals surface area contributed by atoms with Crippen molar-refractivity contribution in [1.82, 2.24) is 0 Å². The fourth-order valence-electron chi connectivity index (χ4n) is 1.83. The predicted molar refractivity (Wildman–Crippen MR) is 70.9 cm³/mol. The van der Waals surface area contributed by atoms with E-state index in [0.29, 0.717) is 18.9 Å². The molecule has 0 saturated carbocycles. The van der Waals surface area contributed by atoms with Gasteiger partial charge in [-0.1, -0.05) is 20.8 Å². The van der Waals surface area contributed by atoms with Gasteiger partial charge in [-0.05, 0) is 43.0 Å². The normalized spacial score (nSPS) is 10.6. The minimum atomic E-state index is 0.220. The van der Waals surface area contributed by atoms with Crippen LogP contribution in [-0.2, 0) is 0 Å². The maximum Gasteiger partial charge on any atom is 0.162 e. The van der Waals surface area contributed by atoms with Crippen LogP contribution in [0.25, 0.3) is 0 Å². The van der Waals surface area contributed by atoms with Gasteiger partial charge in [-0.3, -0.25) is 4.79 Å². The summed E-state index contributed by atoms with van der Waals surface area (Å²) in [6.07, 6.45) is 1.51. The summed E-state index contributed by atoms with van der Waals surface area (Å²) in [5.74, 6) is 1.49. The molecule has 2 nitrogen and oxygen atoms in total. The zero-order valence-electron chi connectivity index (χ0n) is 11.2. The lowest BCUT2D eigenvalue weighted by Gasteiger charge is -2.14. The summed E-state index contributed by atoms with van der Waals surface area (Å²) < 4.78 is 5.58. The molecule has 1 rings (SSSR count). The van der Waals surface area contributed by atoms with E-state index in [9.17, 15) is 4.79 Å². The van der Waals surface area contributed by atoms with Crippen LogP contribution in [0, 0.1) is 0 Å². The molecule has 94 valence electrons. The lowest BCUT2D eigenvalue weighted by atomic mass is 9.97. The molecule has 0 N–H and O–H groups in total. The van der Waals surface area contributed by atoms with Gasteiger partial charge >= 0.3 is 0 Å². The van der Waals surface area contributed by atoms with Crippen LogP contribution in [-0.4, -0.2) is 12.4 Å². The average Bonchev–Trinajstić information content (AvgIpc) is 2.30. The van der Waals surface area contributed by atoms with Crippen LogP contribution in [0.5, 0.6) is 5.75 Å². The van der Waals surface area contributed by atoms with Gasteiger partial charge in [0.15, 0.2) is 5.78 Å². The van der Waals surface area contributed by atoms with Crippen molar-refractivity contribution < 1.29 is 9.53 Å². The molecule has 17 heavy (non-hydrogen) atoms. The number of hydrogen-bond donors (Lipinski definition) is 0. The molecule has 0 heterocycles. The molecule has 0 aliphatic heterocycles. The number of rotatable bonds is 6. The maximum atomic E-state index is 11.8. The molecular weight excluding hydrogens is 212 g/mol. The lowest BCUT2D eigenvalue weighted by molar-refractivity contribution is 0.0981. The zero-order valence-corrected chi connectivity index (χ0v) is 11.2. The fraction of sp³-hybridized carbons (Fsp3) is 0.533. The van der Waals surface area contributed by atoms with Gasteiger partial charge in [0, 0.05) is 12.0 Å². The highest BCUT2D eigenvalue weighted by atomic mass is 16.5. The van der Waals surface area contributed by atoms with Crippen LogP contribution in [0.1, 0.15) is 62.4 Å². The van der Waals surface area contributed by atoms with Gasteiger partial charge in [-0.2, -0.15) is 0 Å². The molecule has 1 aromatic carbocycles. The molecule has 0 bridgehead atoms. The average molecular weight is 234 g/mol. The summed E-state index contributed by atoms with van der Waals surface area (Å²) in [5, 5.41) is 0. The molecular formula is C15H22O2. The Bertz CT molecular complexity index is 381. The van der Waals surface area contributed by atoms with Gasteiger partial charge in [0.1, 0.15) is 5.75 Å². The van der Waals surface area contributed by atoms with E-state index in [-0.39, 0.29) is 5.78 Å². The van der Waals surface area contributed by atoms with Crippen molar-refractivity contribution >= 4 is 5.78 Å². The molecule has 0 atom stereocenters. The zero-order chi connectivity index (χ0) is 12.8. The van der Waals surface area contributed by atoms with E-state index in [1.165, 1.54) is 0 Å². The smallest absolute Gasteiger partial charge is 0.162 e. The Morgan fingerprint density at radius 3 is 2.53 bits per heavy atom. The molecule has 0 aliphatic rings. The standard InChI is InChI=1S/C15H22O2/c1-5-7-14(16)12-8-9-15(17-6-2)13(10-12)11(3)4/h8-11H,5-7H2,1-4H3. The van der Waals surface area contributed by atoms with E-state index >= 15 is 0 Å². The van der Waals surface area contributed by atoms with Crippen molar-refractivity contribution in [2.45, 2.75) is 46.5 Å². The summed E-state index contributed by atoms with van der Waals surface area (Å²) in [7, 11) is 0. The Labute approximate surface area is 104 Å². The van der Waals surface area contributed by atoms with E-state index in [4.69, 9.17) is 4.74 Å². The number of carbonyl (C=O) groups excluding carboxylic acids is 1. The van der Waals surface area contributed by atoms with Crippen molar-refractivity contribution in [1.29, 1.82) is 0 Å². The Balaban J connectivity index is 3.05. The van der Waals surface area contributed by atoms with Crippen LogP contribution in [0.15, 0.2) is 18.2 Å². The predicted octanol–water partition coefficient (Wildman–Crippen LogP) is 4.19. The summed E-state index contributed by atoms with van der Waals surface area (Å²) in [6.45, 7) is 8.88. The summed E-state index contributed by atoms with van der Waals surface area (Å²) >= 11 is 0. The molecule has 0 aliphatic carbocycles. The molecule has 0 spiro atoms. The quantitative estimate of drug-likeness (QED) is 0.690. The molecule has 0 amide bonds. The highest BCUT2D eigenvalue weighted by Crippen LogP contribution is 2.28. The van der Waals surface area contributed by atoms with Crippen molar-refractivity contribution in [3.63, 3.8) is 0 Å². The first kappa shape index (κ1) is 13.8. The molecule has 2 heteroatoms. The van der Waals surface area contributed by atoms with Crippen LogP contribution in [0.2, 0.25) is 0 Å². The third kappa shape index (κ3) is 3.58. The summed E-state index contributed by atoms with van der Waals surface area (Å²) in [6, 6.07) is 5.77. The minimum absolute atomic E-state index is 0.220. The SMILES string of the molecule is CCCC(=O)c1ccc(OCC)c(C(C)C)c1. The number of ketones is 1. The molecule has 0 unspecified atom stereocenters. The van der Waals surface area contributed by atoms with Gasteiger partial charge in [-0.25, -0.2) is 0 Å². The molecule has 0 aromatic heterocycles. The maximum absolute atomic E-state index is 11.8. The van der Waals surface area contributed by atoms with Gasteiger partial charge < -0.3 is 4.74 Å². The largest absolute Gasteiger partial charge is 0.494 e. The third-order valence-corrected chi connectivity index (χ3v) is 2.73. The second-order valence-corrected chi connectivity index (χ2v) is 4.51. The highest BCUT2D eigenvalue weighted by Gasteiger charge is 2.12. The van der Waals surface area contributed by atoms with E-state index in [0.717, 1.165) is 23.3 Å². The van der Waals surface area contributed by atoms with Crippen LogP contribution >= 0.6 is 0 Å². The topological polar surface area (TPSA) is 26.3 Å². The molecule has 0 radical (unpaired) electrons. The van der Waals surface area contributed by atoms with E-state index in [2.05, 4.69) is 13.8 Å². The minimum Gasteiger partial charge on any atom is -0.494 e. The molecule has 0 saturated heterocycles. The second kappa shape index (κ2) is 6.43. The van der Waals surface area contributed by atoms with E-state index in [1.807, 2.05) is 32.0 Å². The number of benzene rings is 1. The number of carbonyl (C=O) groups is 1. The van der Waals surface area contributed by atoms with Gasteiger partial charge in [0.2, 0.25) is 0 Å². The number of ether oxygens (including phenoxy) is 1. The Kier molecular flexibility index (Phi) is 5.20. The first-order valence-electron chi connectivity index (χ1n) is 6.40. The highest BCUT2D eigenvalue weighted by molar-refractivity contribution is 5.96. The Morgan fingerprint density at radius 1 is 1.29 bits per heavy atom. The fourth-order valence-corrected chi connectivity index (χ4v) is 1.83.